The predicted octanol–water partition coefficient (Wildman–Crippen LogP) is 0.407. The van der Waals surface area contributed by atoms with Crippen molar-refractivity contribution in [3.05, 3.63) is 18.3 Å². The molecule has 7 heteroatoms. The van der Waals surface area contributed by atoms with Gasteiger partial charge in [0, 0.05) is 18.0 Å². The van der Waals surface area contributed by atoms with E-state index in [-0.39, 0.29) is 0 Å². The second-order valence-corrected chi connectivity index (χ2v) is 2.94. The Bertz CT molecular complexity index is 321. The zero-order valence-corrected chi connectivity index (χ0v) is 7.87. The lowest BCUT2D eigenvalue weighted by molar-refractivity contribution is -0.0372. The summed E-state index contributed by atoms with van der Waals surface area (Å²) in [7, 11) is 0. The van der Waals surface area contributed by atoms with Crippen LogP contribution >= 0.6 is 0 Å². The molecule has 5 nitrogen and oxygen atoms in total. The zero-order chi connectivity index (χ0) is 11.3. The Morgan fingerprint density at radius 2 is 2.27 bits per heavy atom. The monoisotopic (exact) mass is 218 g/mol. The highest BCUT2D eigenvalue weighted by Crippen LogP contribution is 2.15. The molecule has 0 aliphatic carbocycles. The highest BCUT2D eigenvalue weighted by molar-refractivity contribution is 5.51. The number of aliphatic hydroxyl groups is 1. The lowest BCUT2D eigenvalue weighted by atomic mass is 10.3. The van der Waals surface area contributed by atoms with Crippen molar-refractivity contribution >= 4 is 11.5 Å². The molecule has 0 bridgehead atoms. The Labute approximate surface area is 85.3 Å². The summed E-state index contributed by atoms with van der Waals surface area (Å²) in [5.74, 6) is 2.33. The van der Waals surface area contributed by atoms with Gasteiger partial charge in [0.1, 0.15) is 12.4 Å². The first-order valence-corrected chi connectivity index (χ1v) is 4.22. The second kappa shape index (κ2) is 4.85. The molecule has 0 aliphatic rings. The average Bonchev–Trinajstić information content (AvgIpc) is 2.27. The molecule has 1 aromatic heterocycles. The van der Waals surface area contributed by atoms with Crippen LogP contribution in [0.3, 0.4) is 0 Å². The molecule has 0 spiro atoms. The number of halogens is 2. The predicted molar refractivity (Wildman–Crippen MR) is 52.6 cm³/mol. The fourth-order valence-corrected chi connectivity index (χ4v) is 0.907. The van der Waals surface area contributed by atoms with Gasteiger partial charge in [0.2, 0.25) is 0 Å². The van der Waals surface area contributed by atoms with Crippen molar-refractivity contribution in [1.82, 2.24) is 4.98 Å². The minimum atomic E-state index is -3.14. The maximum Gasteiger partial charge on any atom is 0.287 e. The molecule has 1 heterocycles. The summed E-state index contributed by atoms with van der Waals surface area (Å²) in [4.78, 5) is 3.81. The van der Waals surface area contributed by atoms with Gasteiger partial charge in [0.05, 0.1) is 6.54 Å². The summed E-state index contributed by atoms with van der Waals surface area (Å²) in [5.41, 5.74) is 2.74. The molecule has 0 saturated heterocycles. The SMILES string of the molecule is NNc1cc(NCC(F)(F)CO)ccn1. The Morgan fingerprint density at radius 3 is 2.87 bits per heavy atom. The maximum atomic E-state index is 12.7. The van der Waals surface area contributed by atoms with E-state index >= 15 is 0 Å². The van der Waals surface area contributed by atoms with E-state index in [4.69, 9.17) is 10.9 Å². The van der Waals surface area contributed by atoms with E-state index < -0.39 is 19.1 Å². The fraction of sp³-hybridized carbons (Fsp3) is 0.375. The molecule has 0 radical (unpaired) electrons. The van der Waals surface area contributed by atoms with Gasteiger partial charge in [-0.15, -0.1) is 0 Å². The largest absolute Gasteiger partial charge is 0.390 e. The maximum absolute atomic E-state index is 12.7. The number of pyridine rings is 1. The summed E-state index contributed by atoms with van der Waals surface area (Å²) in [6, 6.07) is 3.00. The number of aliphatic hydroxyl groups excluding tert-OH is 1. The van der Waals surface area contributed by atoms with Crippen molar-refractivity contribution in [2.24, 2.45) is 5.84 Å². The van der Waals surface area contributed by atoms with Gasteiger partial charge in [0.15, 0.2) is 0 Å². The number of nitrogens with one attached hydrogen (secondary N) is 2. The van der Waals surface area contributed by atoms with Gasteiger partial charge < -0.3 is 15.8 Å². The summed E-state index contributed by atoms with van der Waals surface area (Å²) in [5, 5.41) is 10.8. The number of nitrogen functional groups attached to an aromatic ring is 1. The number of hydrazine groups is 1. The van der Waals surface area contributed by atoms with Crippen molar-refractivity contribution in [2.75, 3.05) is 23.9 Å². The van der Waals surface area contributed by atoms with Crippen molar-refractivity contribution in [3.8, 4) is 0 Å². The van der Waals surface area contributed by atoms with E-state index in [0.29, 0.717) is 11.5 Å². The van der Waals surface area contributed by atoms with Crippen LogP contribution in [-0.4, -0.2) is 29.2 Å². The minimum Gasteiger partial charge on any atom is -0.390 e. The van der Waals surface area contributed by atoms with Crippen LogP contribution in [0.5, 0.6) is 0 Å². The smallest absolute Gasteiger partial charge is 0.287 e. The molecule has 15 heavy (non-hydrogen) atoms. The van der Waals surface area contributed by atoms with Gasteiger partial charge in [-0.3, -0.25) is 0 Å². The molecular formula is C8H12F2N4O. The number of anilines is 2. The quantitative estimate of drug-likeness (QED) is 0.425. The fourth-order valence-electron chi connectivity index (χ4n) is 0.907. The molecule has 1 rings (SSSR count). The van der Waals surface area contributed by atoms with Crippen LogP contribution in [0.2, 0.25) is 0 Å². The highest BCUT2D eigenvalue weighted by Gasteiger charge is 2.27. The van der Waals surface area contributed by atoms with Gasteiger partial charge in [-0.1, -0.05) is 0 Å². The van der Waals surface area contributed by atoms with Crippen molar-refractivity contribution in [3.63, 3.8) is 0 Å². The Hall–Kier alpha value is -1.47. The first-order valence-electron chi connectivity index (χ1n) is 4.22. The molecule has 0 saturated carbocycles. The molecule has 84 valence electrons. The third kappa shape index (κ3) is 3.64. The van der Waals surface area contributed by atoms with Crippen LogP contribution in [0.4, 0.5) is 20.3 Å². The Kier molecular flexibility index (Phi) is 3.75. The van der Waals surface area contributed by atoms with Gasteiger partial charge in [-0.2, -0.15) is 0 Å². The standard InChI is InChI=1S/C8H12F2N4O/c9-8(10,5-15)4-13-6-1-2-12-7(3-6)14-11/h1-3,15H,4-5,11H2,(H2,12,13,14). The lowest BCUT2D eigenvalue weighted by Crippen LogP contribution is -2.31. The van der Waals surface area contributed by atoms with Crippen LogP contribution in [-0.2, 0) is 0 Å². The number of alkyl halides is 2. The number of nitrogens with two attached hydrogens (primary N) is 1. The zero-order valence-electron chi connectivity index (χ0n) is 7.87. The summed E-state index contributed by atoms with van der Waals surface area (Å²) < 4.78 is 25.3. The number of aromatic nitrogens is 1. The molecule has 0 fully saturated rings. The number of hydrogen-bond donors (Lipinski definition) is 4. The lowest BCUT2D eigenvalue weighted by Gasteiger charge is -2.15. The van der Waals surface area contributed by atoms with Crippen molar-refractivity contribution < 1.29 is 13.9 Å². The van der Waals surface area contributed by atoms with Gasteiger partial charge >= 0.3 is 0 Å². The van der Waals surface area contributed by atoms with Crippen molar-refractivity contribution in [1.29, 1.82) is 0 Å². The van der Waals surface area contributed by atoms with E-state index in [9.17, 15) is 8.78 Å². The number of nitrogens with zero attached hydrogens (tertiary/aromatic N) is 1. The summed E-state index contributed by atoms with van der Waals surface area (Å²) in [6.45, 7) is -1.83. The van der Waals surface area contributed by atoms with E-state index in [1.165, 1.54) is 18.3 Å². The molecule has 5 N–H and O–H groups in total. The van der Waals surface area contributed by atoms with E-state index in [1.807, 2.05) is 0 Å². The normalized spacial score (nSPS) is 11.2. The Morgan fingerprint density at radius 1 is 1.53 bits per heavy atom. The molecule has 0 amide bonds. The molecular weight excluding hydrogens is 206 g/mol. The van der Waals surface area contributed by atoms with Crippen LogP contribution < -0.4 is 16.6 Å². The summed E-state index contributed by atoms with van der Waals surface area (Å²) >= 11 is 0. The molecule has 0 aliphatic heterocycles. The van der Waals surface area contributed by atoms with E-state index in [1.54, 1.807) is 0 Å². The minimum absolute atomic E-state index is 0.368. The van der Waals surface area contributed by atoms with Crippen LogP contribution in [0, 0.1) is 0 Å². The third-order valence-corrected chi connectivity index (χ3v) is 1.69. The number of rotatable bonds is 5. The highest BCUT2D eigenvalue weighted by atomic mass is 19.3. The number of hydrogen-bond acceptors (Lipinski definition) is 5. The molecule has 0 unspecified atom stereocenters. The van der Waals surface area contributed by atoms with Gasteiger partial charge in [-0.05, 0) is 6.07 Å². The Balaban J connectivity index is 2.57. The molecule has 0 aromatic carbocycles. The van der Waals surface area contributed by atoms with Crippen molar-refractivity contribution in [2.45, 2.75) is 5.92 Å². The first kappa shape index (κ1) is 11.6. The van der Waals surface area contributed by atoms with E-state index in [2.05, 4.69) is 15.7 Å². The molecule has 0 atom stereocenters. The third-order valence-electron chi connectivity index (χ3n) is 1.69. The summed E-state index contributed by atoms with van der Waals surface area (Å²) in [6.07, 6.45) is 1.43. The van der Waals surface area contributed by atoms with Gasteiger partial charge in [0.25, 0.3) is 5.92 Å². The molecule has 1 aromatic rings. The second-order valence-electron chi connectivity index (χ2n) is 2.94. The first-order chi connectivity index (χ1) is 7.07. The van der Waals surface area contributed by atoms with Crippen LogP contribution in [0.15, 0.2) is 18.3 Å². The topological polar surface area (TPSA) is 83.2 Å². The average molecular weight is 218 g/mol. The van der Waals surface area contributed by atoms with E-state index in [0.717, 1.165) is 0 Å². The van der Waals surface area contributed by atoms with Crippen LogP contribution in [0.1, 0.15) is 0 Å². The van der Waals surface area contributed by atoms with Crippen LogP contribution in [0.25, 0.3) is 0 Å². The van der Waals surface area contributed by atoms with Gasteiger partial charge in [-0.25, -0.2) is 19.6 Å².